The molecule has 1 saturated heterocycles. The molecule has 0 radical (unpaired) electrons. The summed E-state index contributed by atoms with van der Waals surface area (Å²) in [7, 11) is 1.53. The molecule has 1 atom stereocenters. The van der Waals surface area contributed by atoms with E-state index in [0.717, 1.165) is 26.0 Å². The standard InChI is InChI=1S/C13H21N3O3/c1-10-8-12(17)16(13(15-10)18-2)6-5-14-9-11-4-3-7-19-11/h8,11,14H,3-7,9H2,1-2H3. The number of ether oxygens (including phenoxy) is 2. The first-order chi connectivity index (χ1) is 9.20. The van der Waals surface area contributed by atoms with Gasteiger partial charge in [-0.25, -0.2) is 4.98 Å². The topological polar surface area (TPSA) is 65.4 Å². The summed E-state index contributed by atoms with van der Waals surface area (Å²) in [6.45, 7) is 4.71. The van der Waals surface area contributed by atoms with Crippen molar-refractivity contribution in [1.82, 2.24) is 14.9 Å². The highest BCUT2D eigenvalue weighted by Crippen LogP contribution is 2.10. The maximum Gasteiger partial charge on any atom is 0.299 e. The summed E-state index contributed by atoms with van der Waals surface area (Å²) in [4.78, 5) is 16.1. The van der Waals surface area contributed by atoms with Gasteiger partial charge < -0.3 is 14.8 Å². The number of methoxy groups -OCH3 is 1. The molecule has 1 N–H and O–H groups in total. The lowest BCUT2D eigenvalue weighted by Crippen LogP contribution is -2.32. The van der Waals surface area contributed by atoms with Crippen LogP contribution in [-0.4, -0.2) is 42.5 Å². The Hall–Kier alpha value is -1.40. The van der Waals surface area contributed by atoms with Gasteiger partial charge in [-0.3, -0.25) is 9.36 Å². The number of rotatable bonds is 6. The van der Waals surface area contributed by atoms with Gasteiger partial charge in [0.25, 0.3) is 11.6 Å². The summed E-state index contributed by atoms with van der Waals surface area (Å²) in [5, 5.41) is 3.30. The average Bonchev–Trinajstić information content (AvgIpc) is 2.89. The Kier molecular flexibility index (Phi) is 4.93. The molecule has 0 aromatic carbocycles. The van der Waals surface area contributed by atoms with Gasteiger partial charge in [0, 0.05) is 38.0 Å². The van der Waals surface area contributed by atoms with Crippen molar-refractivity contribution in [3.8, 4) is 6.01 Å². The summed E-state index contributed by atoms with van der Waals surface area (Å²) in [6.07, 6.45) is 2.57. The van der Waals surface area contributed by atoms with E-state index in [4.69, 9.17) is 9.47 Å². The fourth-order valence-electron chi connectivity index (χ4n) is 2.22. The minimum Gasteiger partial charge on any atom is -0.468 e. The van der Waals surface area contributed by atoms with Crippen molar-refractivity contribution in [3.05, 3.63) is 22.1 Å². The molecule has 19 heavy (non-hydrogen) atoms. The number of hydrogen-bond donors (Lipinski definition) is 1. The van der Waals surface area contributed by atoms with Crippen LogP contribution in [0.15, 0.2) is 10.9 Å². The van der Waals surface area contributed by atoms with Crippen LogP contribution in [0.4, 0.5) is 0 Å². The van der Waals surface area contributed by atoms with Crippen molar-refractivity contribution in [3.63, 3.8) is 0 Å². The molecule has 0 bridgehead atoms. The average molecular weight is 267 g/mol. The van der Waals surface area contributed by atoms with E-state index in [9.17, 15) is 4.79 Å². The maximum absolute atomic E-state index is 11.9. The Balaban J connectivity index is 1.86. The third-order valence-corrected chi connectivity index (χ3v) is 3.19. The predicted molar refractivity (Wildman–Crippen MR) is 71.6 cm³/mol. The molecule has 1 aromatic rings. The summed E-state index contributed by atoms with van der Waals surface area (Å²) in [5.74, 6) is 0. The molecule has 2 heterocycles. The molecule has 0 aliphatic carbocycles. The SMILES string of the molecule is COc1nc(C)cc(=O)n1CCNCC1CCCO1. The van der Waals surface area contributed by atoms with Crippen LogP contribution in [0.2, 0.25) is 0 Å². The highest BCUT2D eigenvalue weighted by Gasteiger charge is 2.14. The molecule has 1 aliphatic heterocycles. The fraction of sp³-hybridized carbons (Fsp3) is 0.692. The van der Waals surface area contributed by atoms with E-state index in [0.29, 0.717) is 30.9 Å². The summed E-state index contributed by atoms with van der Waals surface area (Å²) in [6, 6.07) is 1.88. The predicted octanol–water partition coefficient (Wildman–Crippen LogP) is 0.329. The Morgan fingerprint density at radius 2 is 2.47 bits per heavy atom. The van der Waals surface area contributed by atoms with Crippen LogP contribution in [0.25, 0.3) is 0 Å². The van der Waals surface area contributed by atoms with Gasteiger partial charge in [0.1, 0.15) is 0 Å². The largest absolute Gasteiger partial charge is 0.468 e. The van der Waals surface area contributed by atoms with E-state index >= 15 is 0 Å². The van der Waals surface area contributed by atoms with Gasteiger partial charge in [-0.15, -0.1) is 0 Å². The number of aromatic nitrogens is 2. The molecule has 1 unspecified atom stereocenters. The first kappa shape index (κ1) is 14.0. The first-order valence-corrected chi connectivity index (χ1v) is 6.65. The van der Waals surface area contributed by atoms with Crippen molar-refractivity contribution >= 4 is 0 Å². The van der Waals surface area contributed by atoms with Crippen LogP contribution in [0, 0.1) is 6.92 Å². The van der Waals surface area contributed by atoms with Crippen molar-refractivity contribution in [2.45, 2.75) is 32.4 Å². The van der Waals surface area contributed by atoms with E-state index in [1.807, 2.05) is 0 Å². The second-order valence-electron chi connectivity index (χ2n) is 4.71. The Morgan fingerprint density at radius 3 is 3.16 bits per heavy atom. The third kappa shape index (κ3) is 3.78. The van der Waals surface area contributed by atoms with Crippen LogP contribution in [0.5, 0.6) is 6.01 Å². The molecule has 1 fully saturated rings. The molecule has 0 amide bonds. The van der Waals surface area contributed by atoms with Crippen LogP contribution in [0.3, 0.4) is 0 Å². The van der Waals surface area contributed by atoms with E-state index in [1.165, 1.54) is 17.7 Å². The van der Waals surface area contributed by atoms with E-state index in [1.54, 1.807) is 6.92 Å². The minimum absolute atomic E-state index is 0.0803. The normalized spacial score (nSPS) is 18.7. The van der Waals surface area contributed by atoms with Crippen LogP contribution < -0.4 is 15.6 Å². The monoisotopic (exact) mass is 267 g/mol. The maximum atomic E-state index is 11.9. The van der Waals surface area contributed by atoms with E-state index < -0.39 is 0 Å². The molecule has 6 heteroatoms. The zero-order chi connectivity index (χ0) is 13.7. The number of nitrogens with one attached hydrogen (secondary N) is 1. The van der Waals surface area contributed by atoms with Crippen LogP contribution in [0.1, 0.15) is 18.5 Å². The quantitative estimate of drug-likeness (QED) is 0.752. The number of nitrogens with zero attached hydrogens (tertiary/aromatic N) is 2. The van der Waals surface area contributed by atoms with Gasteiger partial charge >= 0.3 is 0 Å². The van der Waals surface area contributed by atoms with E-state index in [2.05, 4.69) is 10.3 Å². The number of hydrogen-bond acceptors (Lipinski definition) is 5. The zero-order valence-electron chi connectivity index (χ0n) is 11.5. The van der Waals surface area contributed by atoms with Gasteiger partial charge in [0.15, 0.2) is 0 Å². The first-order valence-electron chi connectivity index (χ1n) is 6.65. The molecular formula is C13H21N3O3. The molecule has 0 spiro atoms. The molecule has 1 aliphatic rings. The molecule has 2 rings (SSSR count). The molecule has 106 valence electrons. The smallest absolute Gasteiger partial charge is 0.299 e. The van der Waals surface area contributed by atoms with Crippen molar-refractivity contribution in [1.29, 1.82) is 0 Å². The van der Waals surface area contributed by atoms with E-state index in [-0.39, 0.29) is 5.56 Å². The third-order valence-electron chi connectivity index (χ3n) is 3.19. The lowest BCUT2D eigenvalue weighted by Gasteiger charge is -2.13. The highest BCUT2D eigenvalue weighted by atomic mass is 16.5. The molecule has 0 saturated carbocycles. The summed E-state index contributed by atoms with van der Waals surface area (Å²) < 4.78 is 12.2. The summed E-state index contributed by atoms with van der Waals surface area (Å²) >= 11 is 0. The lowest BCUT2D eigenvalue weighted by atomic mass is 10.2. The van der Waals surface area contributed by atoms with Crippen LogP contribution >= 0.6 is 0 Å². The lowest BCUT2D eigenvalue weighted by molar-refractivity contribution is 0.110. The van der Waals surface area contributed by atoms with Crippen molar-refractivity contribution < 1.29 is 9.47 Å². The van der Waals surface area contributed by atoms with Crippen molar-refractivity contribution in [2.24, 2.45) is 0 Å². The second kappa shape index (κ2) is 6.68. The Bertz CT molecular complexity index is 467. The fourth-order valence-corrected chi connectivity index (χ4v) is 2.22. The van der Waals surface area contributed by atoms with Gasteiger partial charge in [0.2, 0.25) is 0 Å². The van der Waals surface area contributed by atoms with Gasteiger partial charge in [-0.05, 0) is 19.8 Å². The molecule has 1 aromatic heterocycles. The zero-order valence-corrected chi connectivity index (χ0v) is 11.5. The van der Waals surface area contributed by atoms with Crippen LogP contribution in [-0.2, 0) is 11.3 Å². The molecule has 6 nitrogen and oxygen atoms in total. The minimum atomic E-state index is -0.0803. The van der Waals surface area contributed by atoms with Gasteiger partial charge in [-0.2, -0.15) is 0 Å². The van der Waals surface area contributed by atoms with Gasteiger partial charge in [0.05, 0.1) is 13.2 Å². The Labute approximate surface area is 112 Å². The summed E-state index contributed by atoms with van der Waals surface area (Å²) in [5.41, 5.74) is 0.591. The van der Waals surface area contributed by atoms with Gasteiger partial charge in [-0.1, -0.05) is 0 Å². The Morgan fingerprint density at radius 1 is 1.63 bits per heavy atom. The molecular weight excluding hydrogens is 246 g/mol. The number of aryl methyl sites for hydroxylation is 1. The highest BCUT2D eigenvalue weighted by molar-refractivity contribution is 5.06. The second-order valence-corrected chi connectivity index (χ2v) is 4.71. The van der Waals surface area contributed by atoms with Crippen molar-refractivity contribution in [2.75, 3.05) is 26.8 Å².